The monoisotopic (exact) mass is 178 g/mol. The number of likely N-dealkylation sites (N-methyl/N-ethyl adjacent to an activating group) is 1. The highest BCUT2D eigenvalue weighted by atomic mass is 16.3. The van der Waals surface area contributed by atoms with Crippen LogP contribution in [0.2, 0.25) is 0 Å². The van der Waals surface area contributed by atoms with Crippen LogP contribution in [0.1, 0.15) is 12.8 Å². The number of hydrogen-bond acceptors (Lipinski definition) is 3. The molecule has 1 N–H and O–H groups in total. The summed E-state index contributed by atoms with van der Waals surface area (Å²) in [5.41, 5.74) is 2.35. The molecule has 3 nitrogen and oxygen atoms in total. The van der Waals surface area contributed by atoms with Crippen molar-refractivity contribution in [1.29, 1.82) is 0 Å². The van der Waals surface area contributed by atoms with Gasteiger partial charge in [0.2, 0.25) is 0 Å². The third-order valence-corrected chi connectivity index (χ3v) is 3.06. The van der Waals surface area contributed by atoms with E-state index in [0.717, 1.165) is 18.2 Å². The Labute approximate surface area is 77.7 Å². The first-order chi connectivity index (χ1) is 6.34. The van der Waals surface area contributed by atoms with Gasteiger partial charge in [0.25, 0.3) is 0 Å². The molecule has 0 bridgehead atoms. The summed E-state index contributed by atoms with van der Waals surface area (Å²) >= 11 is 0. The molecule has 1 aromatic heterocycles. The molecule has 13 heavy (non-hydrogen) atoms. The first kappa shape index (κ1) is 7.30. The second-order valence-corrected chi connectivity index (χ2v) is 4.14. The molecular formula is C10H14N2O. The Hall–Kier alpha value is -1.12. The lowest BCUT2D eigenvalue weighted by molar-refractivity contribution is 0.568. The molecule has 2 heterocycles. The van der Waals surface area contributed by atoms with E-state index in [-0.39, 0.29) is 0 Å². The molecule has 0 spiro atoms. The Morgan fingerprint density at radius 2 is 2.31 bits per heavy atom. The first-order valence-electron chi connectivity index (χ1n) is 4.88. The van der Waals surface area contributed by atoms with E-state index in [0.29, 0.717) is 6.04 Å². The van der Waals surface area contributed by atoms with Crippen LogP contribution in [0.4, 0.5) is 11.4 Å². The van der Waals surface area contributed by atoms with Gasteiger partial charge in [-0.25, -0.2) is 0 Å². The Morgan fingerprint density at radius 1 is 1.46 bits per heavy atom. The van der Waals surface area contributed by atoms with Crippen molar-refractivity contribution in [3.8, 4) is 0 Å². The summed E-state index contributed by atoms with van der Waals surface area (Å²) in [5.74, 6) is 0.894. The summed E-state index contributed by atoms with van der Waals surface area (Å²) in [5, 5.41) is 3.53. The predicted octanol–water partition coefficient (Wildman–Crippen LogP) is 1.92. The van der Waals surface area contributed by atoms with Gasteiger partial charge in [-0.05, 0) is 18.8 Å². The number of furan rings is 1. The maximum Gasteiger partial charge on any atom is 0.116 e. The van der Waals surface area contributed by atoms with Crippen LogP contribution in [0.15, 0.2) is 16.9 Å². The lowest BCUT2D eigenvalue weighted by Gasteiger charge is -2.32. The number of fused-ring (bicyclic) bond motifs is 1. The molecule has 1 aliphatic carbocycles. The van der Waals surface area contributed by atoms with E-state index in [1.165, 1.54) is 18.5 Å². The summed E-state index contributed by atoms with van der Waals surface area (Å²) in [6, 6.07) is 0.634. The summed E-state index contributed by atoms with van der Waals surface area (Å²) < 4.78 is 5.18. The highest BCUT2D eigenvalue weighted by molar-refractivity contribution is 5.70. The summed E-state index contributed by atoms with van der Waals surface area (Å²) in [4.78, 5) is 2.28. The number of hydrogen-bond donors (Lipinski definition) is 1. The minimum absolute atomic E-state index is 0.634. The summed E-state index contributed by atoms with van der Waals surface area (Å²) in [6.07, 6.45) is 6.39. The van der Waals surface area contributed by atoms with E-state index >= 15 is 0 Å². The zero-order valence-corrected chi connectivity index (χ0v) is 7.79. The number of nitrogens with one attached hydrogen (secondary N) is 1. The molecule has 1 unspecified atom stereocenters. The first-order valence-corrected chi connectivity index (χ1v) is 4.88. The van der Waals surface area contributed by atoms with Crippen molar-refractivity contribution in [2.24, 2.45) is 5.92 Å². The van der Waals surface area contributed by atoms with Crippen LogP contribution >= 0.6 is 0 Å². The Morgan fingerprint density at radius 3 is 3.08 bits per heavy atom. The molecule has 1 aromatic rings. The van der Waals surface area contributed by atoms with Gasteiger partial charge in [-0.1, -0.05) is 0 Å². The molecule has 1 aliphatic heterocycles. The van der Waals surface area contributed by atoms with Gasteiger partial charge in [0.1, 0.15) is 12.5 Å². The number of anilines is 2. The van der Waals surface area contributed by atoms with Crippen LogP contribution in [0, 0.1) is 5.92 Å². The lowest BCUT2D eigenvalue weighted by Crippen LogP contribution is -2.40. The summed E-state index contributed by atoms with van der Waals surface area (Å²) in [6.45, 7) is 1.11. The second kappa shape index (κ2) is 2.44. The van der Waals surface area contributed by atoms with Gasteiger partial charge >= 0.3 is 0 Å². The van der Waals surface area contributed by atoms with Gasteiger partial charge in [0.15, 0.2) is 0 Å². The predicted molar refractivity (Wildman–Crippen MR) is 52.1 cm³/mol. The van der Waals surface area contributed by atoms with Crippen molar-refractivity contribution in [1.82, 2.24) is 0 Å². The van der Waals surface area contributed by atoms with Gasteiger partial charge in [-0.2, -0.15) is 0 Å². The molecule has 3 rings (SSSR count). The molecule has 0 radical (unpaired) electrons. The molecule has 0 aromatic carbocycles. The minimum Gasteiger partial charge on any atom is -0.468 e. The fraction of sp³-hybridized carbons (Fsp3) is 0.600. The van der Waals surface area contributed by atoms with Gasteiger partial charge in [-0.3, -0.25) is 0 Å². The number of rotatable bonds is 1. The van der Waals surface area contributed by atoms with Gasteiger partial charge in [-0.15, -0.1) is 0 Å². The van der Waals surface area contributed by atoms with E-state index in [4.69, 9.17) is 4.42 Å². The minimum atomic E-state index is 0.634. The van der Waals surface area contributed by atoms with Crippen LogP contribution in [0.5, 0.6) is 0 Å². The van der Waals surface area contributed by atoms with Gasteiger partial charge in [0, 0.05) is 19.6 Å². The zero-order chi connectivity index (χ0) is 8.84. The van der Waals surface area contributed by atoms with Crippen LogP contribution in [0.25, 0.3) is 0 Å². The van der Waals surface area contributed by atoms with Crippen molar-refractivity contribution in [2.75, 3.05) is 23.8 Å². The largest absolute Gasteiger partial charge is 0.468 e. The van der Waals surface area contributed by atoms with E-state index < -0.39 is 0 Å². The number of nitrogens with zero attached hydrogens (tertiary/aromatic N) is 1. The highest BCUT2D eigenvalue weighted by Gasteiger charge is 2.35. The van der Waals surface area contributed by atoms with E-state index in [2.05, 4.69) is 17.3 Å². The van der Waals surface area contributed by atoms with Gasteiger partial charge in [0.05, 0.1) is 11.4 Å². The van der Waals surface area contributed by atoms with E-state index in [1.54, 1.807) is 6.26 Å². The maximum atomic E-state index is 5.18. The third kappa shape index (κ3) is 1.10. The molecule has 0 amide bonds. The van der Waals surface area contributed by atoms with Gasteiger partial charge < -0.3 is 14.6 Å². The quantitative estimate of drug-likeness (QED) is 0.712. The lowest BCUT2D eigenvalue weighted by atomic mass is 10.1. The topological polar surface area (TPSA) is 28.4 Å². The molecule has 70 valence electrons. The molecule has 3 heteroatoms. The van der Waals surface area contributed by atoms with Crippen molar-refractivity contribution >= 4 is 11.4 Å². The normalized spacial score (nSPS) is 26.8. The molecule has 1 fully saturated rings. The van der Waals surface area contributed by atoms with Crippen LogP contribution in [-0.2, 0) is 0 Å². The molecule has 2 aliphatic rings. The van der Waals surface area contributed by atoms with Crippen LogP contribution in [0.3, 0.4) is 0 Å². The van der Waals surface area contributed by atoms with E-state index in [9.17, 15) is 0 Å². The maximum absolute atomic E-state index is 5.18. The van der Waals surface area contributed by atoms with Crippen molar-refractivity contribution in [3.05, 3.63) is 12.5 Å². The molecular weight excluding hydrogens is 164 g/mol. The fourth-order valence-electron chi connectivity index (χ4n) is 2.10. The van der Waals surface area contributed by atoms with Crippen LogP contribution in [-0.4, -0.2) is 19.6 Å². The Bertz CT molecular complexity index is 316. The standard InChI is InChI=1S/C10H14N2O/c1-12-4-8(7-2-3-7)11-9-5-13-6-10(9)12/h5-8,11H,2-4H2,1H3. The Kier molecular flexibility index (Phi) is 1.37. The molecule has 1 atom stereocenters. The van der Waals surface area contributed by atoms with Crippen molar-refractivity contribution < 1.29 is 4.42 Å². The van der Waals surface area contributed by atoms with Crippen molar-refractivity contribution in [3.63, 3.8) is 0 Å². The Balaban J connectivity index is 1.88. The second-order valence-electron chi connectivity index (χ2n) is 4.14. The third-order valence-electron chi connectivity index (χ3n) is 3.06. The van der Waals surface area contributed by atoms with E-state index in [1.807, 2.05) is 6.26 Å². The molecule has 1 saturated carbocycles. The SMILES string of the molecule is CN1CC(C2CC2)Nc2cocc21. The average molecular weight is 178 g/mol. The molecule has 0 saturated heterocycles. The fourth-order valence-corrected chi connectivity index (χ4v) is 2.10. The zero-order valence-electron chi connectivity index (χ0n) is 7.79. The highest BCUT2D eigenvalue weighted by Crippen LogP contribution is 2.39. The average Bonchev–Trinajstić information content (AvgIpc) is 2.85. The van der Waals surface area contributed by atoms with Crippen LogP contribution < -0.4 is 10.2 Å². The van der Waals surface area contributed by atoms with Crippen molar-refractivity contribution in [2.45, 2.75) is 18.9 Å². The summed E-state index contributed by atoms with van der Waals surface area (Å²) in [7, 11) is 2.13. The smallest absolute Gasteiger partial charge is 0.116 e.